The van der Waals surface area contributed by atoms with E-state index in [1.54, 1.807) is 0 Å². The Morgan fingerprint density at radius 3 is 2.71 bits per heavy atom. The van der Waals surface area contributed by atoms with E-state index in [-0.39, 0.29) is 11.9 Å². The molecule has 1 amide bonds. The van der Waals surface area contributed by atoms with Crippen LogP contribution in [0, 0.1) is 11.3 Å². The average Bonchev–Trinajstić information content (AvgIpc) is 3.04. The van der Waals surface area contributed by atoms with Crippen LogP contribution in [0.1, 0.15) is 52.4 Å². The number of carbonyl (C=O) groups excluding carboxylic acids is 1. The van der Waals surface area contributed by atoms with E-state index in [0.29, 0.717) is 17.8 Å². The Labute approximate surface area is 105 Å². The fraction of sp³-hybridized carbons (Fsp3) is 0.929. The predicted molar refractivity (Wildman–Crippen MR) is 69.5 cm³/mol. The van der Waals surface area contributed by atoms with Crippen LogP contribution in [0.3, 0.4) is 0 Å². The van der Waals surface area contributed by atoms with Crippen LogP contribution in [-0.4, -0.2) is 29.9 Å². The van der Waals surface area contributed by atoms with Crippen molar-refractivity contribution in [3.05, 3.63) is 0 Å². The van der Waals surface area contributed by atoms with E-state index in [4.69, 9.17) is 5.73 Å². The molecular formula is C14H26N2O. The molecule has 0 aromatic heterocycles. The van der Waals surface area contributed by atoms with Crippen LogP contribution in [-0.2, 0) is 4.79 Å². The van der Waals surface area contributed by atoms with E-state index in [1.807, 2.05) is 4.90 Å². The van der Waals surface area contributed by atoms with Crippen LogP contribution in [0.25, 0.3) is 0 Å². The van der Waals surface area contributed by atoms with Gasteiger partial charge in [-0.1, -0.05) is 13.8 Å². The lowest BCUT2D eigenvalue weighted by Crippen LogP contribution is -2.37. The van der Waals surface area contributed by atoms with Gasteiger partial charge in [0.05, 0.1) is 0 Å². The van der Waals surface area contributed by atoms with Gasteiger partial charge in [0.1, 0.15) is 0 Å². The molecule has 2 N–H and O–H groups in total. The molecule has 0 radical (unpaired) electrons. The molecule has 2 aliphatic rings. The minimum absolute atomic E-state index is 0.110. The van der Waals surface area contributed by atoms with Gasteiger partial charge in [-0.25, -0.2) is 0 Å². The van der Waals surface area contributed by atoms with Crippen LogP contribution in [0.4, 0.5) is 0 Å². The molecular weight excluding hydrogens is 212 g/mol. The summed E-state index contributed by atoms with van der Waals surface area (Å²) in [7, 11) is 0. The summed E-state index contributed by atoms with van der Waals surface area (Å²) in [6.07, 6.45) is 6.49. The van der Waals surface area contributed by atoms with Crippen LogP contribution < -0.4 is 5.73 Å². The van der Waals surface area contributed by atoms with Crippen molar-refractivity contribution >= 4 is 5.91 Å². The number of hydrogen-bond donors (Lipinski definition) is 1. The Bertz CT molecular complexity index is 284. The topological polar surface area (TPSA) is 46.3 Å². The van der Waals surface area contributed by atoms with E-state index < -0.39 is 0 Å². The Morgan fingerprint density at radius 1 is 1.35 bits per heavy atom. The normalized spacial score (nSPS) is 26.4. The highest BCUT2D eigenvalue weighted by Gasteiger charge is 2.32. The van der Waals surface area contributed by atoms with Gasteiger partial charge in [-0.2, -0.15) is 0 Å². The van der Waals surface area contributed by atoms with Gasteiger partial charge in [-0.05, 0) is 43.4 Å². The molecule has 2 rings (SSSR count). The maximum absolute atomic E-state index is 12.2. The second-order valence-electron chi connectivity index (χ2n) is 6.60. The molecule has 0 spiro atoms. The van der Waals surface area contributed by atoms with Crippen LogP contribution >= 0.6 is 0 Å². The minimum atomic E-state index is 0.110. The first-order chi connectivity index (χ1) is 7.98. The van der Waals surface area contributed by atoms with Crippen LogP contribution in [0.5, 0.6) is 0 Å². The van der Waals surface area contributed by atoms with Gasteiger partial charge >= 0.3 is 0 Å². The molecule has 0 aromatic rings. The summed E-state index contributed by atoms with van der Waals surface area (Å²) < 4.78 is 0. The Kier molecular flexibility index (Phi) is 3.76. The molecule has 3 nitrogen and oxygen atoms in total. The quantitative estimate of drug-likeness (QED) is 0.819. The number of rotatable bonds is 3. The SMILES string of the molecule is CC1(C)CCCN(C(=O)CC(N)C2CC2)CC1. The summed E-state index contributed by atoms with van der Waals surface area (Å²) in [4.78, 5) is 14.2. The number of amides is 1. The summed E-state index contributed by atoms with van der Waals surface area (Å²) >= 11 is 0. The number of nitrogens with two attached hydrogens (primary N) is 1. The molecule has 17 heavy (non-hydrogen) atoms. The minimum Gasteiger partial charge on any atom is -0.343 e. The summed E-state index contributed by atoms with van der Waals surface area (Å²) in [5.74, 6) is 0.907. The molecule has 1 heterocycles. The molecule has 98 valence electrons. The fourth-order valence-corrected chi connectivity index (χ4v) is 2.69. The van der Waals surface area contributed by atoms with Gasteiger partial charge in [0.15, 0.2) is 0 Å². The molecule has 0 aromatic carbocycles. The lowest BCUT2D eigenvalue weighted by molar-refractivity contribution is -0.131. The first kappa shape index (κ1) is 12.9. The second-order valence-corrected chi connectivity index (χ2v) is 6.60. The molecule has 2 fully saturated rings. The third-order valence-electron chi connectivity index (χ3n) is 4.33. The first-order valence-corrected chi connectivity index (χ1v) is 7.01. The number of likely N-dealkylation sites (tertiary alicyclic amines) is 1. The zero-order valence-corrected chi connectivity index (χ0v) is 11.2. The van der Waals surface area contributed by atoms with Crippen molar-refractivity contribution in [2.24, 2.45) is 17.1 Å². The highest BCUT2D eigenvalue weighted by atomic mass is 16.2. The Balaban J connectivity index is 1.82. The number of nitrogens with zero attached hydrogens (tertiary/aromatic N) is 1. The van der Waals surface area contributed by atoms with Crippen molar-refractivity contribution in [1.29, 1.82) is 0 Å². The third kappa shape index (κ3) is 3.70. The van der Waals surface area contributed by atoms with E-state index in [0.717, 1.165) is 25.9 Å². The largest absolute Gasteiger partial charge is 0.343 e. The average molecular weight is 238 g/mol. The highest BCUT2D eigenvalue weighted by Crippen LogP contribution is 2.34. The van der Waals surface area contributed by atoms with Gasteiger partial charge in [-0.3, -0.25) is 4.79 Å². The molecule has 0 bridgehead atoms. The summed E-state index contributed by atoms with van der Waals surface area (Å²) in [5.41, 5.74) is 6.43. The zero-order valence-electron chi connectivity index (χ0n) is 11.2. The fourth-order valence-electron chi connectivity index (χ4n) is 2.69. The molecule has 1 aliphatic heterocycles. The van der Waals surface area contributed by atoms with Crippen molar-refractivity contribution in [2.45, 2.75) is 58.4 Å². The van der Waals surface area contributed by atoms with Crippen molar-refractivity contribution in [2.75, 3.05) is 13.1 Å². The van der Waals surface area contributed by atoms with E-state index in [9.17, 15) is 4.79 Å². The van der Waals surface area contributed by atoms with Crippen LogP contribution in [0.2, 0.25) is 0 Å². The molecule has 1 saturated heterocycles. The maximum Gasteiger partial charge on any atom is 0.224 e. The zero-order chi connectivity index (χ0) is 12.5. The third-order valence-corrected chi connectivity index (χ3v) is 4.33. The van der Waals surface area contributed by atoms with Crippen molar-refractivity contribution in [3.8, 4) is 0 Å². The van der Waals surface area contributed by atoms with Gasteiger partial charge in [0.2, 0.25) is 5.91 Å². The Hall–Kier alpha value is -0.570. The molecule has 1 atom stereocenters. The summed E-state index contributed by atoms with van der Waals surface area (Å²) in [6, 6.07) is 0.110. The first-order valence-electron chi connectivity index (χ1n) is 7.01. The molecule has 3 heteroatoms. The van der Waals surface area contributed by atoms with Gasteiger partial charge in [-0.15, -0.1) is 0 Å². The maximum atomic E-state index is 12.2. The molecule has 1 saturated carbocycles. The number of carbonyl (C=O) groups is 1. The lowest BCUT2D eigenvalue weighted by atomic mass is 9.85. The Morgan fingerprint density at radius 2 is 2.06 bits per heavy atom. The van der Waals surface area contributed by atoms with Gasteiger partial charge < -0.3 is 10.6 Å². The molecule has 1 aliphatic carbocycles. The second kappa shape index (κ2) is 4.97. The highest BCUT2D eigenvalue weighted by molar-refractivity contribution is 5.76. The van der Waals surface area contributed by atoms with Gasteiger partial charge in [0, 0.05) is 25.6 Å². The van der Waals surface area contributed by atoms with E-state index in [2.05, 4.69) is 13.8 Å². The van der Waals surface area contributed by atoms with Crippen LogP contribution in [0.15, 0.2) is 0 Å². The van der Waals surface area contributed by atoms with E-state index in [1.165, 1.54) is 19.3 Å². The van der Waals surface area contributed by atoms with E-state index >= 15 is 0 Å². The van der Waals surface area contributed by atoms with Crippen molar-refractivity contribution in [1.82, 2.24) is 4.90 Å². The predicted octanol–water partition coefficient (Wildman–Crippen LogP) is 2.15. The van der Waals surface area contributed by atoms with Crippen molar-refractivity contribution in [3.63, 3.8) is 0 Å². The summed E-state index contributed by atoms with van der Waals surface area (Å²) in [6.45, 7) is 6.46. The van der Waals surface area contributed by atoms with Gasteiger partial charge in [0.25, 0.3) is 0 Å². The molecule has 1 unspecified atom stereocenters. The smallest absolute Gasteiger partial charge is 0.224 e. The standard InChI is InChI=1S/C14H26N2O/c1-14(2)6-3-8-16(9-7-14)13(17)10-12(15)11-4-5-11/h11-12H,3-10,15H2,1-2H3. The summed E-state index contributed by atoms with van der Waals surface area (Å²) in [5, 5.41) is 0. The van der Waals surface area contributed by atoms with Crippen molar-refractivity contribution < 1.29 is 4.79 Å². The lowest BCUT2D eigenvalue weighted by Gasteiger charge is -2.24. The monoisotopic (exact) mass is 238 g/mol. The number of hydrogen-bond acceptors (Lipinski definition) is 2.